The van der Waals surface area contributed by atoms with Crippen molar-refractivity contribution >= 4 is 11.6 Å². The van der Waals surface area contributed by atoms with Crippen molar-refractivity contribution in [3.05, 3.63) is 58.9 Å². The number of nitrogens with one attached hydrogen (secondary N) is 2. The lowest BCUT2D eigenvalue weighted by Gasteiger charge is -2.35. The molecule has 0 fully saturated rings. The predicted octanol–water partition coefficient (Wildman–Crippen LogP) is 3.15. The van der Waals surface area contributed by atoms with Crippen LogP contribution in [0.1, 0.15) is 36.3 Å². The van der Waals surface area contributed by atoms with E-state index in [9.17, 15) is 26.7 Å². The summed E-state index contributed by atoms with van der Waals surface area (Å²) in [5.41, 5.74) is -0.0146. The summed E-state index contributed by atoms with van der Waals surface area (Å²) >= 11 is 0. The first kappa shape index (κ1) is 19.6. The highest BCUT2D eigenvalue weighted by molar-refractivity contribution is 5.96. The van der Waals surface area contributed by atoms with Gasteiger partial charge in [-0.1, -0.05) is 0 Å². The lowest BCUT2D eigenvalue weighted by molar-refractivity contribution is 0.0946. The lowest BCUT2D eigenvalue weighted by Crippen LogP contribution is -2.50. The number of rotatable bonds is 4. The molecule has 28 heavy (non-hydrogen) atoms. The second-order valence-corrected chi connectivity index (χ2v) is 6.66. The van der Waals surface area contributed by atoms with E-state index in [0.717, 1.165) is 15.9 Å². The van der Waals surface area contributed by atoms with Gasteiger partial charge in [-0.05, 0) is 13.8 Å². The topological polar surface area (TPSA) is 62.2 Å². The van der Waals surface area contributed by atoms with Gasteiger partial charge in [-0.2, -0.15) is 5.10 Å². The molecular weight excluding hydrogens is 385 g/mol. The largest absolute Gasteiger partial charge is 0.322 e. The fourth-order valence-electron chi connectivity index (χ4n) is 2.90. The van der Waals surface area contributed by atoms with Gasteiger partial charge in [-0.3, -0.25) is 14.5 Å². The van der Waals surface area contributed by atoms with Crippen molar-refractivity contribution in [2.24, 2.45) is 7.05 Å². The molecule has 1 amide bonds. The van der Waals surface area contributed by atoms with E-state index >= 15 is 0 Å². The van der Waals surface area contributed by atoms with Crippen molar-refractivity contribution in [2.75, 3.05) is 5.01 Å². The van der Waals surface area contributed by atoms with Crippen LogP contribution < -0.4 is 15.8 Å². The van der Waals surface area contributed by atoms with Crippen LogP contribution in [0.3, 0.4) is 0 Å². The van der Waals surface area contributed by atoms with Crippen LogP contribution in [0.15, 0.2) is 30.2 Å². The van der Waals surface area contributed by atoms with Gasteiger partial charge in [0.25, 0.3) is 12.3 Å². The quantitative estimate of drug-likeness (QED) is 0.773. The van der Waals surface area contributed by atoms with Gasteiger partial charge in [-0.15, -0.1) is 0 Å². The van der Waals surface area contributed by atoms with Crippen molar-refractivity contribution in [3.63, 3.8) is 0 Å². The van der Waals surface area contributed by atoms with E-state index in [4.69, 9.17) is 0 Å². The Morgan fingerprint density at radius 3 is 2.39 bits per heavy atom. The third-order valence-electron chi connectivity index (χ3n) is 4.32. The van der Waals surface area contributed by atoms with Crippen LogP contribution in [0, 0.1) is 17.5 Å². The number of benzene rings is 1. The van der Waals surface area contributed by atoms with Gasteiger partial charge in [-0.25, -0.2) is 22.0 Å². The number of nitrogens with zero attached hydrogens (tertiary/aromatic N) is 3. The van der Waals surface area contributed by atoms with Crippen LogP contribution in [-0.4, -0.2) is 21.2 Å². The number of alkyl halides is 2. The molecule has 150 valence electrons. The SMILES string of the molecule is Cn1cc(C(=O)NC2=CNN(c3c(F)cc(F)cc3F)C2(C)C)c(C(F)F)n1. The molecule has 0 atom stereocenters. The molecule has 1 aliphatic heterocycles. The van der Waals surface area contributed by atoms with E-state index < -0.39 is 46.7 Å². The summed E-state index contributed by atoms with van der Waals surface area (Å²) < 4.78 is 68.7. The molecule has 11 heteroatoms. The zero-order chi connectivity index (χ0) is 20.8. The van der Waals surface area contributed by atoms with Gasteiger partial charge in [0.15, 0.2) is 11.6 Å². The number of aryl methyl sites for hydroxylation is 1. The molecule has 0 bridgehead atoms. The Bertz CT molecular complexity index is 946. The Labute approximate surface area is 156 Å². The molecule has 0 unspecified atom stereocenters. The Hall–Kier alpha value is -3.11. The van der Waals surface area contributed by atoms with Crippen LogP contribution in [0.4, 0.5) is 27.6 Å². The minimum absolute atomic E-state index is 0.157. The third kappa shape index (κ3) is 3.27. The van der Waals surface area contributed by atoms with Crippen molar-refractivity contribution < 1.29 is 26.7 Å². The van der Waals surface area contributed by atoms with Crippen molar-refractivity contribution in [1.29, 1.82) is 0 Å². The predicted molar refractivity (Wildman–Crippen MR) is 89.7 cm³/mol. The van der Waals surface area contributed by atoms with Crippen LogP contribution in [-0.2, 0) is 7.05 Å². The second-order valence-electron chi connectivity index (χ2n) is 6.66. The Morgan fingerprint density at radius 2 is 1.82 bits per heavy atom. The van der Waals surface area contributed by atoms with E-state index in [-0.39, 0.29) is 11.3 Å². The molecule has 6 nitrogen and oxygen atoms in total. The molecule has 0 spiro atoms. The summed E-state index contributed by atoms with van der Waals surface area (Å²) in [5, 5.41) is 7.08. The Kier molecular flexibility index (Phi) is 4.77. The second kappa shape index (κ2) is 6.80. The molecule has 0 saturated heterocycles. The first-order chi connectivity index (χ1) is 13.0. The summed E-state index contributed by atoms with van der Waals surface area (Å²) in [7, 11) is 1.39. The van der Waals surface area contributed by atoms with E-state index in [0.29, 0.717) is 12.1 Å². The van der Waals surface area contributed by atoms with Gasteiger partial charge < -0.3 is 10.7 Å². The fraction of sp³-hybridized carbons (Fsp3) is 0.294. The van der Waals surface area contributed by atoms with Crippen LogP contribution >= 0.6 is 0 Å². The molecule has 0 aliphatic carbocycles. The number of aromatic nitrogens is 2. The van der Waals surface area contributed by atoms with Crippen molar-refractivity contribution in [1.82, 2.24) is 20.5 Å². The average molecular weight is 401 g/mol. The standard InChI is InChI=1S/C17H16F5N5O/c1-17(2)12(24-16(28)9-7-26(3)25-13(9)15(21)22)6-23-27(17)14-10(19)4-8(18)5-11(14)20/h4-7,15,23H,1-3H3,(H,24,28). The zero-order valence-corrected chi connectivity index (χ0v) is 15.0. The monoisotopic (exact) mass is 401 g/mol. The van der Waals surface area contributed by atoms with E-state index in [1.807, 2.05) is 0 Å². The number of hydrogen-bond donors (Lipinski definition) is 2. The number of halogens is 5. The van der Waals surface area contributed by atoms with E-state index in [2.05, 4.69) is 15.8 Å². The molecule has 1 aromatic heterocycles. The number of carbonyl (C=O) groups excluding carboxylic acids is 1. The number of hydrogen-bond acceptors (Lipinski definition) is 4. The van der Waals surface area contributed by atoms with Gasteiger partial charge in [0.05, 0.1) is 16.8 Å². The van der Waals surface area contributed by atoms with Crippen LogP contribution in [0.5, 0.6) is 0 Å². The minimum Gasteiger partial charge on any atom is -0.322 e. The summed E-state index contributed by atoms with van der Waals surface area (Å²) in [6.07, 6.45) is -0.549. The zero-order valence-electron chi connectivity index (χ0n) is 15.0. The average Bonchev–Trinajstić information content (AvgIpc) is 3.09. The van der Waals surface area contributed by atoms with Crippen molar-refractivity contribution in [2.45, 2.75) is 25.8 Å². The molecular formula is C17H16F5N5O. The molecule has 0 saturated carbocycles. The lowest BCUT2D eigenvalue weighted by atomic mass is 10.00. The minimum atomic E-state index is -2.95. The first-order valence-corrected chi connectivity index (χ1v) is 8.07. The molecule has 1 aromatic carbocycles. The Balaban J connectivity index is 1.87. The summed E-state index contributed by atoms with van der Waals surface area (Å²) in [5.74, 6) is -4.22. The molecule has 2 aromatic rings. The van der Waals surface area contributed by atoms with Gasteiger partial charge in [0.2, 0.25) is 0 Å². The summed E-state index contributed by atoms with van der Waals surface area (Å²) in [4.78, 5) is 12.5. The van der Waals surface area contributed by atoms with E-state index in [1.165, 1.54) is 27.1 Å². The Morgan fingerprint density at radius 1 is 1.21 bits per heavy atom. The van der Waals surface area contributed by atoms with Gasteiger partial charge in [0, 0.05) is 31.6 Å². The highest BCUT2D eigenvalue weighted by atomic mass is 19.3. The normalized spacial score (nSPS) is 15.6. The molecule has 1 aliphatic rings. The van der Waals surface area contributed by atoms with E-state index in [1.54, 1.807) is 0 Å². The molecule has 3 rings (SSSR count). The highest BCUT2D eigenvalue weighted by Gasteiger charge is 2.40. The maximum Gasteiger partial charge on any atom is 0.282 e. The maximum absolute atomic E-state index is 14.1. The molecule has 2 heterocycles. The van der Waals surface area contributed by atoms with Crippen molar-refractivity contribution in [3.8, 4) is 0 Å². The summed E-state index contributed by atoms with van der Waals surface area (Å²) in [6, 6.07) is 1.05. The molecule has 0 radical (unpaired) electrons. The number of hydrazine groups is 1. The van der Waals surface area contributed by atoms with Gasteiger partial charge in [0.1, 0.15) is 17.2 Å². The first-order valence-electron chi connectivity index (χ1n) is 8.07. The van der Waals surface area contributed by atoms with Gasteiger partial charge >= 0.3 is 0 Å². The number of anilines is 1. The van der Waals surface area contributed by atoms with Crippen LogP contribution in [0.2, 0.25) is 0 Å². The highest BCUT2D eigenvalue weighted by Crippen LogP contribution is 2.35. The molecule has 2 N–H and O–H groups in total. The number of amides is 1. The fourth-order valence-corrected chi connectivity index (χ4v) is 2.90. The smallest absolute Gasteiger partial charge is 0.282 e. The number of carbonyl (C=O) groups is 1. The van der Waals surface area contributed by atoms with Crippen LogP contribution in [0.25, 0.3) is 0 Å². The summed E-state index contributed by atoms with van der Waals surface area (Å²) in [6.45, 7) is 3.05. The third-order valence-corrected chi connectivity index (χ3v) is 4.32. The maximum atomic E-state index is 14.1.